The number of aryl methyl sites for hydroxylation is 1. The summed E-state index contributed by atoms with van der Waals surface area (Å²) in [5.41, 5.74) is 4.52. The predicted molar refractivity (Wildman–Crippen MR) is 131 cm³/mol. The van der Waals surface area contributed by atoms with E-state index in [1.165, 1.54) is 6.21 Å². The zero-order valence-electron chi connectivity index (χ0n) is 16.8. The Bertz CT molecular complexity index is 1200. The molecule has 0 saturated carbocycles. The largest absolute Gasteiger partial charge is 0.423 e. The third-order valence-electron chi connectivity index (χ3n) is 4.20. The molecule has 0 heterocycles. The smallest absolute Gasteiger partial charge is 0.344 e. The number of rotatable bonds is 5. The van der Waals surface area contributed by atoms with Crippen LogP contribution in [0.2, 0.25) is 5.02 Å². The summed E-state index contributed by atoms with van der Waals surface area (Å²) in [5.74, 6) is -1.89. The molecule has 0 aliphatic carbocycles. The van der Waals surface area contributed by atoms with E-state index in [1.807, 2.05) is 19.1 Å². The Labute approximate surface area is 202 Å². The molecule has 3 rings (SSSR count). The van der Waals surface area contributed by atoms with Crippen molar-refractivity contribution in [3.63, 3.8) is 0 Å². The van der Waals surface area contributed by atoms with Crippen LogP contribution in [0.5, 0.6) is 5.75 Å². The lowest BCUT2D eigenvalue weighted by atomic mass is 10.2. The number of amides is 2. The Hall–Kier alpha value is -3.24. The molecule has 0 unspecified atom stereocenters. The summed E-state index contributed by atoms with van der Waals surface area (Å²) in [5, 5.41) is 6.69. The van der Waals surface area contributed by atoms with Gasteiger partial charge in [-0.1, -0.05) is 29.8 Å². The van der Waals surface area contributed by atoms with Crippen molar-refractivity contribution in [3.8, 4) is 5.75 Å². The van der Waals surface area contributed by atoms with Gasteiger partial charge in [-0.05, 0) is 89.2 Å². The minimum absolute atomic E-state index is 0.368. The monoisotopic (exact) mass is 561 g/mol. The Kier molecular flexibility index (Phi) is 7.96. The summed E-state index contributed by atoms with van der Waals surface area (Å²) in [7, 11) is 0. The SMILES string of the molecule is Cc1ccc(NC(=O)C(=O)NN=Cc2ccc(OC(=O)c3ccccc3I)cc2)cc1Cl. The average Bonchev–Trinajstić information content (AvgIpc) is 2.77. The molecule has 0 aliphatic rings. The summed E-state index contributed by atoms with van der Waals surface area (Å²) in [6, 6.07) is 18.6. The molecule has 0 bridgehead atoms. The first-order chi connectivity index (χ1) is 15.3. The molecule has 0 saturated heterocycles. The maximum absolute atomic E-state index is 12.3. The first-order valence-corrected chi connectivity index (χ1v) is 10.8. The van der Waals surface area contributed by atoms with Crippen molar-refractivity contribution in [1.29, 1.82) is 0 Å². The van der Waals surface area contributed by atoms with Gasteiger partial charge < -0.3 is 10.1 Å². The number of ether oxygens (including phenoxy) is 1. The Morgan fingerprint density at radius 2 is 1.72 bits per heavy atom. The van der Waals surface area contributed by atoms with Crippen LogP contribution < -0.4 is 15.5 Å². The van der Waals surface area contributed by atoms with E-state index in [0.717, 1.165) is 9.13 Å². The summed E-state index contributed by atoms with van der Waals surface area (Å²) < 4.78 is 6.16. The average molecular weight is 562 g/mol. The molecule has 0 fully saturated rings. The van der Waals surface area contributed by atoms with Crippen molar-refractivity contribution in [3.05, 3.63) is 92.0 Å². The van der Waals surface area contributed by atoms with Crippen LogP contribution in [0.1, 0.15) is 21.5 Å². The highest BCUT2D eigenvalue weighted by Crippen LogP contribution is 2.20. The van der Waals surface area contributed by atoms with Gasteiger partial charge >= 0.3 is 17.8 Å². The van der Waals surface area contributed by atoms with Gasteiger partial charge in [0.25, 0.3) is 0 Å². The standard InChI is InChI=1S/C23H17ClIN3O4/c1-14-6-9-16(12-19(14)24)27-21(29)22(30)28-26-13-15-7-10-17(11-8-15)32-23(31)18-4-2-3-5-20(18)25/h2-13H,1H3,(H,27,29)(H,28,30). The fraction of sp³-hybridized carbons (Fsp3) is 0.0435. The van der Waals surface area contributed by atoms with Gasteiger partial charge in [0.05, 0.1) is 11.8 Å². The van der Waals surface area contributed by atoms with Crippen molar-refractivity contribution >= 4 is 63.9 Å². The van der Waals surface area contributed by atoms with E-state index in [9.17, 15) is 14.4 Å². The van der Waals surface area contributed by atoms with Crippen molar-refractivity contribution < 1.29 is 19.1 Å². The maximum atomic E-state index is 12.3. The molecule has 3 aromatic carbocycles. The van der Waals surface area contributed by atoms with Crippen LogP contribution in [0.4, 0.5) is 5.69 Å². The van der Waals surface area contributed by atoms with Gasteiger partial charge in [0.15, 0.2) is 0 Å². The van der Waals surface area contributed by atoms with Crippen LogP contribution in [0.3, 0.4) is 0 Å². The maximum Gasteiger partial charge on any atom is 0.344 e. The lowest BCUT2D eigenvalue weighted by Crippen LogP contribution is -2.32. The number of esters is 1. The molecule has 0 aliphatic heterocycles. The number of hydrogen-bond donors (Lipinski definition) is 2. The molecule has 3 aromatic rings. The molecular formula is C23H17ClIN3O4. The third-order valence-corrected chi connectivity index (χ3v) is 5.55. The first kappa shape index (κ1) is 23.4. The Morgan fingerprint density at radius 3 is 2.41 bits per heavy atom. The number of hydrazone groups is 1. The van der Waals surface area contributed by atoms with Crippen molar-refractivity contribution in [2.24, 2.45) is 5.10 Å². The highest BCUT2D eigenvalue weighted by molar-refractivity contribution is 14.1. The number of carbonyl (C=O) groups is 3. The molecule has 0 atom stereocenters. The number of benzene rings is 3. The lowest BCUT2D eigenvalue weighted by molar-refractivity contribution is -0.136. The molecule has 0 aromatic heterocycles. The number of halogens is 2. The number of hydrogen-bond acceptors (Lipinski definition) is 5. The van der Waals surface area contributed by atoms with E-state index in [2.05, 4.69) is 38.4 Å². The molecule has 9 heteroatoms. The zero-order valence-corrected chi connectivity index (χ0v) is 19.7. The molecule has 0 radical (unpaired) electrons. The van der Waals surface area contributed by atoms with E-state index in [4.69, 9.17) is 16.3 Å². The summed E-state index contributed by atoms with van der Waals surface area (Å²) in [6.07, 6.45) is 1.36. The normalized spacial score (nSPS) is 10.6. The van der Waals surface area contributed by atoms with Gasteiger partial charge in [-0.25, -0.2) is 10.2 Å². The summed E-state index contributed by atoms with van der Waals surface area (Å²) in [6.45, 7) is 1.83. The minimum Gasteiger partial charge on any atom is -0.423 e. The van der Waals surface area contributed by atoms with Gasteiger partial charge in [0.2, 0.25) is 0 Å². The molecule has 32 heavy (non-hydrogen) atoms. The van der Waals surface area contributed by atoms with Crippen LogP contribution in [0.15, 0.2) is 71.8 Å². The van der Waals surface area contributed by atoms with E-state index >= 15 is 0 Å². The van der Waals surface area contributed by atoms with E-state index in [0.29, 0.717) is 27.6 Å². The second kappa shape index (κ2) is 10.9. The van der Waals surface area contributed by atoms with Gasteiger partial charge in [0, 0.05) is 14.3 Å². The minimum atomic E-state index is -0.930. The second-order valence-electron chi connectivity index (χ2n) is 6.56. The molecule has 2 N–H and O–H groups in total. The zero-order chi connectivity index (χ0) is 23.1. The summed E-state index contributed by atoms with van der Waals surface area (Å²) >= 11 is 8.07. The fourth-order valence-electron chi connectivity index (χ4n) is 2.49. The fourth-order valence-corrected chi connectivity index (χ4v) is 3.27. The molecule has 7 nitrogen and oxygen atoms in total. The van der Waals surface area contributed by atoms with Gasteiger partial charge in [0.1, 0.15) is 5.75 Å². The van der Waals surface area contributed by atoms with E-state index in [-0.39, 0.29) is 0 Å². The predicted octanol–water partition coefficient (Wildman–Crippen LogP) is 4.56. The summed E-state index contributed by atoms with van der Waals surface area (Å²) in [4.78, 5) is 36.1. The number of nitrogens with zero attached hydrogens (tertiary/aromatic N) is 1. The molecular weight excluding hydrogens is 545 g/mol. The van der Waals surface area contributed by atoms with Crippen LogP contribution in [0, 0.1) is 10.5 Å². The van der Waals surface area contributed by atoms with Crippen molar-refractivity contribution in [2.75, 3.05) is 5.32 Å². The lowest BCUT2D eigenvalue weighted by Gasteiger charge is -2.06. The highest BCUT2D eigenvalue weighted by atomic mass is 127. The van der Waals surface area contributed by atoms with Crippen LogP contribution in [0.25, 0.3) is 0 Å². The number of anilines is 1. The van der Waals surface area contributed by atoms with Crippen molar-refractivity contribution in [1.82, 2.24) is 5.43 Å². The second-order valence-corrected chi connectivity index (χ2v) is 8.13. The Morgan fingerprint density at radius 1 is 1.00 bits per heavy atom. The third kappa shape index (κ3) is 6.38. The van der Waals surface area contributed by atoms with Gasteiger partial charge in [-0.3, -0.25) is 9.59 Å². The topological polar surface area (TPSA) is 96.9 Å². The van der Waals surface area contributed by atoms with E-state index < -0.39 is 17.8 Å². The van der Waals surface area contributed by atoms with Gasteiger partial charge in [-0.2, -0.15) is 5.10 Å². The number of nitrogens with one attached hydrogen (secondary N) is 2. The van der Waals surface area contributed by atoms with E-state index in [1.54, 1.807) is 54.6 Å². The quantitative estimate of drug-likeness (QED) is 0.119. The van der Waals surface area contributed by atoms with Crippen LogP contribution in [-0.4, -0.2) is 24.0 Å². The molecule has 0 spiro atoms. The molecule has 2 amide bonds. The van der Waals surface area contributed by atoms with Crippen LogP contribution >= 0.6 is 34.2 Å². The Balaban J connectivity index is 1.52. The van der Waals surface area contributed by atoms with Gasteiger partial charge in [-0.15, -0.1) is 0 Å². The van der Waals surface area contributed by atoms with Crippen LogP contribution in [-0.2, 0) is 9.59 Å². The first-order valence-electron chi connectivity index (χ1n) is 9.31. The number of carbonyl (C=O) groups excluding carboxylic acids is 3. The molecule has 162 valence electrons. The highest BCUT2D eigenvalue weighted by Gasteiger charge is 2.14. The van der Waals surface area contributed by atoms with Crippen molar-refractivity contribution in [2.45, 2.75) is 6.92 Å².